The summed E-state index contributed by atoms with van der Waals surface area (Å²) < 4.78 is 0. The summed E-state index contributed by atoms with van der Waals surface area (Å²) in [4.78, 5) is 13.6. The lowest BCUT2D eigenvalue weighted by Crippen LogP contribution is -2.56. The van der Waals surface area contributed by atoms with Gasteiger partial charge in [-0.25, -0.2) is 0 Å². The van der Waals surface area contributed by atoms with Crippen LogP contribution in [0.5, 0.6) is 0 Å². The van der Waals surface area contributed by atoms with Crippen molar-refractivity contribution in [1.82, 2.24) is 10.2 Å². The number of nitrogens with zero attached hydrogens (tertiary/aromatic N) is 1. The zero-order valence-electron chi connectivity index (χ0n) is 8.26. The Balaban J connectivity index is 2.67. The second-order valence-electron chi connectivity index (χ2n) is 3.77. The van der Waals surface area contributed by atoms with Crippen LogP contribution in [0.1, 0.15) is 13.8 Å². The van der Waals surface area contributed by atoms with Crippen LogP contribution in [0.15, 0.2) is 0 Å². The van der Waals surface area contributed by atoms with Crippen LogP contribution in [0.25, 0.3) is 0 Å². The SMILES string of the molecule is C#CC(=O)C(C)(C)N1CCNCC1. The summed E-state index contributed by atoms with van der Waals surface area (Å²) >= 11 is 0. The van der Waals surface area contributed by atoms with Gasteiger partial charge >= 0.3 is 0 Å². The zero-order chi connectivity index (χ0) is 9.90. The fraction of sp³-hybridized carbons (Fsp3) is 0.700. The third kappa shape index (κ3) is 2.09. The van der Waals surface area contributed by atoms with Gasteiger partial charge in [0.2, 0.25) is 5.78 Å². The predicted octanol–water partition coefficient (Wildman–Crippen LogP) is -0.127. The normalized spacial score (nSPS) is 19.5. The molecule has 0 amide bonds. The Morgan fingerprint density at radius 3 is 2.46 bits per heavy atom. The van der Waals surface area contributed by atoms with Crippen molar-refractivity contribution in [2.75, 3.05) is 26.2 Å². The standard InChI is InChI=1S/C10H16N2O/c1-4-9(13)10(2,3)12-7-5-11-6-8-12/h1,11H,5-8H2,2-3H3. The Bertz CT molecular complexity index is 234. The summed E-state index contributed by atoms with van der Waals surface area (Å²) in [6.45, 7) is 7.42. The summed E-state index contributed by atoms with van der Waals surface area (Å²) in [5.41, 5.74) is -0.503. The fourth-order valence-electron chi connectivity index (χ4n) is 1.54. The molecule has 0 saturated carbocycles. The first-order valence-corrected chi connectivity index (χ1v) is 4.56. The highest BCUT2D eigenvalue weighted by molar-refractivity contribution is 6.01. The van der Waals surface area contributed by atoms with Gasteiger partial charge in [0.1, 0.15) is 0 Å². The van der Waals surface area contributed by atoms with Crippen LogP contribution < -0.4 is 5.32 Å². The number of carbonyl (C=O) groups is 1. The average molecular weight is 180 g/mol. The topological polar surface area (TPSA) is 32.3 Å². The maximum absolute atomic E-state index is 11.4. The minimum absolute atomic E-state index is 0.130. The highest BCUT2D eigenvalue weighted by Gasteiger charge is 2.33. The lowest BCUT2D eigenvalue weighted by atomic mass is 9.96. The number of hydrogen-bond acceptors (Lipinski definition) is 3. The molecule has 0 bridgehead atoms. The molecule has 0 radical (unpaired) electrons. The molecule has 0 aromatic heterocycles. The van der Waals surface area contributed by atoms with Gasteiger partial charge in [-0.05, 0) is 19.8 Å². The van der Waals surface area contributed by atoms with Gasteiger partial charge in [-0.3, -0.25) is 9.69 Å². The van der Waals surface area contributed by atoms with E-state index in [1.165, 1.54) is 0 Å². The minimum Gasteiger partial charge on any atom is -0.314 e. The zero-order valence-corrected chi connectivity index (χ0v) is 8.26. The van der Waals surface area contributed by atoms with Crippen molar-refractivity contribution < 1.29 is 4.79 Å². The van der Waals surface area contributed by atoms with E-state index in [9.17, 15) is 4.79 Å². The molecule has 0 unspecified atom stereocenters. The van der Waals surface area contributed by atoms with Gasteiger partial charge in [-0.1, -0.05) is 0 Å². The number of hydrogen-bond donors (Lipinski definition) is 1. The lowest BCUT2D eigenvalue weighted by molar-refractivity contribution is -0.124. The number of ketones is 1. The van der Waals surface area contributed by atoms with Gasteiger partial charge in [0.15, 0.2) is 0 Å². The minimum atomic E-state index is -0.503. The van der Waals surface area contributed by atoms with Crippen molar-refractivity contribution in [2.45, 2.75) is 19.4 Å². The summed E-state index contributed by atoms with van der Waals surface area (Å²) in [7, 11) is 0. The highest BCUT2D eigenvalue weighted by atomic mass is 16.1. The Labute approximate surface area is 79.5 Å². The van der Waals surface area contributed by atoms with E-state index in [4.69, 9.17) is 6.42 Å². The lowest BCUT2D eigenvalue weighted by Gasteiger charge is -2.38. The molecule has 1 aliphatic heterocycles. The molecule has 0 aromatic rings. The van der Waals surface area contributed by atoms with Crippen LogP contribution in [0.2, 0.25) is 0 Å². The van der Waals surface area contributed by atoms with Gasteiger partial charge in [-0.15, -0.1) is 6.42 Å². The maximum Gasteiger partial charge on any atom is 0.224 e. The van der Waals surface area contributed by atoms with E-state index in [2.05, 4.69) is 16.1 Å². The van der Waals surface area contributed by atoms with Crippen LogP contribution in [-0.4, -0.2) is 42.4 Å². The summed E-state index contributed by atoms with van der Waals surface area (Å²) in [5, 5.41) is 3.24. The van der Waals surface area contributed by atoms with Gasteiger partial charge in [0.05, 0.1) is 5.54 Å². The van der Waals surface area contributed by atoms with Crippen molar-refractivity contribution in [3.05, 3.63) is 0 Å². The summed E-state index contributed by atoms with van der Waals surface area (Å²) in [6.07, 6.45) is 5.12. The Hall–Kier alpha value is -0.850. The molecule has 1 fully saturated rings. The van der Waals surface area contributed by atoms with Crippen LogP contribution in [-0.2, 0) is 4.79 Å². The molecule has 1 N–H and O–H groups in total. The van der Waals surface area contributed by atoms with Crippen LogP contribution >= 0.6 is 0 Å². The molecule has 1 heterocycles. The number of Topliss-reactive ketones (excluding diaryl/α,β-unsaturated/α-hetero) is 1. The number of nitrogens with one attached hydrogen (secondary N) is 1. The van der Waals surface area contributed by atoms with Crippen molar-refractivity contribution in [3.8, 4) is 12.3 Å². The predicted molar refractivity (Wildman–Crippen MR) is 52.4 cm³/mol. The molecular formula is C10H16N2O. The highest BCUT2D eigenvalue weighted by Crippen LogP contribution is 2.15. The Kier molecular flexibility index (Phi) is 3.07. The van der Waals surface area contributed by atoms with Crippen molar-refractivity contribution >= 4 is 5.78 Å². The van der Waals surface area contributed by atoms with E-state index >= 15 is 0 Å². The Morgan fingerprint density at radius 1 is 1.46 bits per heavy atom. The molecule has 72 valence electrons. The molecule has 0 aromatic carbocycles. The second kappa shape index (κ2) is 3.91. The van der Waals surface area contributed by atoms with Gasteiger partial charge < -0.3 is 5.32 Å². The number of piperazine rings is 1. The second-order valence-corrected chi connectivity index (χ2v) is 3.77. The van der Waals surface area contributed by atoms with E-state index < -0.39 is 5.54 Å². The van der Waals surface area contributed by atoms with Gasteiger partial charge in [-0.2, -0.15) is 0 Å². The molecule has 0 atom stereocenters. The first-order chi connectivity index (χ1) is 6.09. The molecule has 0 aliphatic carbocycles. The molecule has 1 rings (SSSR count). The van der Waals surface area contributed by atoms with Crippen LogP contribution in [0, 0.1) is 12.3 Å². The Morgan fingerprint density at radius 2 is 2.00 bits per heavy atom. The molecular weight excluding hydrogens is 164 g/mol. The first kappa shape index (κ1) is 10.2. The monoisotopic (exact) mass is 180 g/mol. The number of carbonyl (C=O) groups excluding carboxylic acids is 1. The molecule has 1 aliphatic rings. The number of terminal acetylenes is 1. The third-order valence-electron chi connectivity index (χ3n) is 2.59. The molecule has 3 nitrogen and oxygen atoms in total. The molecule has 0 spiro atoms. The van der Waals surface area contributed by atoms with Crippen molar-refractivity contribution in [3.63, 3.8) is 0 Å². The molecule has 1 saturated heterocycles. The van der Waals surface area contributed by atoms with Crippen molar-refractivity contribution in [2.24, 2.45) is 0 Å². The summed E-state index contributed by atoms with van der Waals surface area (Å²) in [5.74, 6) is 2.07. The maximum atomic E-state index is 11.4. The van der Waals surface area contributed by atoms with Crippen LogP contribution in [0.4, 0.5) is 0 Å². The number of rotatable bonds is 2. The third-order valence-corrected chi connectivity index (χ3v) is 2.59. The molecule has 13 heavy (non-hydrogen) atoms. The van der Waals surface area contributed by atoms with E-state index in [1.807, 2.05) is 13.8 Å². The summed E-state index contributed by atoms with van der Waals surface area (Å²) in [6, 6.07) is 0. The van der Waals surface area contributed by atoms with Crippen molar-refractivity contribution in [1.29, 1.82) is 0 Å². The van der Waals surface area contributed by atoms with Gasteiger partial charge in [0, 0.05) is 26.2 Å². The van der Waals surface area contributed by atoms with E-state index in [0.717, 1.165) is 26.2 Å². The van der Waals surface area contributed by atoms with E-state index in [1.54, 1.807) is 0 Å². The van der Waals surface area contributed by atoms with E-state index in [0.29, 0.717) is 0 Å². The van der Waals surface area contributed by atoms with Crippen LogP contribution in [0.3, 0.4) is 0 Å². The average Bonchev–Trinajstić information content (AvgIpc) is 2.18. The fourth-order valence-corrected chi connectivity index (χ4v) is 1.54. The van der Waals surface area contributed by atoms with Gasteiger partial charge in [0.25, 0.3) is 0 Å². The smallest absolute Gasteiger partial charge is 0.224 e. The molecule has 3 heteroatoms. The first-order valence-electron chi connectivity index (χ1n) is 4.56. The quantitative estimate of drug-likeness (QED) is 0.475. The van der Waals surface area contributed by atoms with E-state index in [-0.39, 0.29) is 5.78 Å². The largest absolute Gasteiger partial charge is 0.314 e.